The number of nitrogens with zero attached hydrogens (tertiary/aromatic N) is 2. The van der Waals surface area contributed by atoms with Gasteiger partial charge in [-0.15, -0.1) is 0 Å². The van der Waals surface area contributed by atoms with Crippen LogP contribution in [0.25, 0.3) is 0 Å². The third-order valence-corrected chi connectivity index (χ3v) is 3.36. The fourth-order valence-electron chi connectivity index (χ4n) is 2.10. The number of pyridine rings is 1. The van der Waals surface area contributed by atoms with Crippen LogP contribution in [0.2, 0.25) is 0 Å². The number of hydrogen-bond acceptors (Lipinski definition) is 3. The third-order valence-electron chi connectivity index (χ3n) is 2.89. The monoisotopic (exact) mass is 323 g/mol. The summed E-state index contributed by atoms with van der Waals surface area (Å²) < 4.78 is 40.1. The molecule has 2 heterocycles. The molecule has 0 radical (unpaired) electrons. The van der Waals surface area contributed by atoms with Gasteiger partial charge in [0.25, 0.3) is 0 Å². The summed E-state index contributed by atoms with van der Waals surface area (Å²) in [4.78, 5) is 5.33. The standard InChI is InChI=1S/C11H13BrF3N3/c12-9-2-1-8(7-17-9)10(11(13,14)15)18-5-3-16-4-6-18/h1-2,7,10,16H,3-6H2/t10-/m0/s1. The van der Waals surface area contributed by atoms with Gasteiger partial charge in [0.15, 0.2) is 0 Å². The van der Waals surface area contributed by atoms with Gasteiger partial charge in [-0.25, -0.2) is 4.98 Å². The molecule has 0 aliphatic carbocycles. The molecule has 0 spiro atoms. The topological polar surface area (TPSA) is 28.2 Å². The molecule has 7 heteroatoms. The molecule has 1 aliphatic rings. The van der Waals surface area contributed by atoms with E-state index in [9.17, 15) is 13.2 Å². The molecule has 3 nitrogen and oxygen atoms in total. The predicted molar refractivity (Wildman–Crippen MR) is 65.2 cm³/mol. The quantitative estimate of drug-likeness (QED) is 0.847. The van der Waals surface area contributed by atoms with Gasteiger partial charge in [0.05, 0.1) is 0 Å². The Morgan fingerprint density at radius 3 is 2.44 bits per heavy atom. The minimum atomic E-state index is -4.28. The van der Waals surface area contributed by atoms with E-state index in [1.807, 2.05) is 0 Å². The van der Waals surface area contributed by atoms with Crippen LogP contribution in [-0.4, -0.2) is 42.2 Å². The van der Waals surface area contributed by atoms with Crippen molar-refractivity contribution in [2.75, 3.05) is 26.2 Å². The van der Waals surface area contributed by atoms with Crippen LogP contribution in [0.5, 0.6) is 0 Å². The molecule has 100 valence electrons. The summed E-state index contributed by atoms with van der Waals surface area (Å²) in [5.41, 5.74) is 0.188. The number of halogens is 4. The van der Waals surface area contributed by atoms with Crippen molar-refractivity contribution in [1.29, 1.82) is 0 Å². The summed E-state index contributed by atoms with van der Waals surface area (Å²) in [6.07, 6.45) is -3.00. The first-order chi connectivity index (χ1) is 8.48. The van der Waals surface area contributed by atoms with Crippen molar-refractivity contribution in [3.8, 4) is 0 Å². The fourth-order valence-corrected chi connectivity index (χ4v) is 2.33. The summed E-state index contributed by atoms with van der Waals surface area (Å²) in [7, 11) is 0. The molecule has 1 aliphatic heterocycles. The zero-order valence-corrected chi connectivity index (χ0v) is 11.1. The van der Waals surface area contributed by atoms with Gasteiger partial charge in [0.1, 0.15) is 10.6 Å². The molecule has 1 atom stereocenters. The first-order valence-corrected chi connectivity index (χ1v) is 6.41. The minimum absolute atomic E-state index is 0.188. The van der Waals surface area contributed by atoms with E-state index in [0.717, 1.165) is 0 Å². The Morgan fingerprint density at radius 2 is 1.94 bits per heavy atom. The Labute approximate surface area is 112 Å². The summed E-state index contributed by atoms with van der Waals surface area (Å²) in [6, 6.07) is 1.44. The molecular formula is C11H13BrF3N3. The van der Waals surface area contributed by atoms with Crippen molar-refractivity contribution in [2.24, 2.45) is 0 Å². The average Bonchev–Trinajstić information content (AvgIpc) is 2.32. The number of nitrogens with one attached hydrogen (secondary N) is 1. The van der Waals surface area contributed by atoms with E-state index in [1.165, 1.54) is 23.2 Å². The molecule has 1 aromatic rings. The van der Waals surface area contributed by atoms with Gasteiger partial charge >= 0.3 is 6.18 Å². The van der Waals surface area contributed by atoms with Crippen LogP contribution < -0.4 is 5.32 Å². The van der Waals surface area contributed by atoms with Crippen molar-refractivity contribution in [1.82, 2.24) is 15.2 Å². The summed E-state index contributed by atoms with van der Waals surface area (Å²) >= 11 is 3.13. The third kappa shape index (κ3) is 3.21. The lowest BCUT2D eigenvalue weighted by Gasteiger charge is -2.36. The molecule has 2 rings (SSSR count). The molecular weight excluding hydrogens is 311 g/mol. The highest BCUT2D eigenvalue weighted by Gasteiger charge is 2.44. The van der Waals surface area contributed by atoms with E-state index in [-0.39, 0.29) is 5.56 Å². The maximum atomic E-state index is 13.2. The molecule has 1 saturated heterocycles. The predicted octanol–water partition coefficient (Wildman–Crippen LogP) is 2.35. The van der Waals surface area contributed by atoms with Crippen LogP contribution in [-0.2, 0) is 0 Å². The zero-order chi connectivity index (χ0) is 13.2. The van der Waals surface area contributed by atoms with E-state index in [0.29, 0.717) is 30.8 Å². The summed E-state index contributed by atoms with van der Waals surface area (Å²) in [5, 5.41) is 3.05. The van der Waals surface area contributed by atoms with Gasteiger partial charge in [-0.1, -0.05) is 6.07 Å². The lowest BCUT2D eigenvalue weighted by Crippen LogP contribution is -2.49. The second-order valence-electron chi connectivity index (χ2n) is 4.14. The molecule has 1 aromatic heterocycles. The SMILES string of the molecule is FC(F)(F)[C@H](c1ccc(Br)nc1)N1CCNCC1. The van der Waals surface area contributed by atoms with E-state index in [4.69, 9.17) is 0 Å². The maximum absolute atomic E-state index is 13.2. The highest BCUT2D eigenvalue weighted by atomic mass is 79.9. The highest BCUT2D eigenvalue weighted by Crippen LogP contribution is 2.37. The number of alkyl halides is 3. The van der Waals surface area contributed by atoms with Crippen LogP contribution >= 0.6 is 15.9 Å². The largest absolute Gasteiger partial charge is 0.408 e. The van der Waals surface area contributed by atoms with Crippen LogP contribution in [0, 0.1) is 0 Å². The number of piperazine rings is 1. The van der Waals surface area contributed by atoms with Gasteiger partial charge < -0.3 is 5.32 Å². The first kappa shape index (κ1) is 13.8. The Balaban J connectivity index is 2.27. The van der Waals surface area contributed by atoms with Crippen LogP contribution in [0.15, 0.2) is 22.9 Å². The van der Waals surface area contributed by atoms with Crippen LogP contribution in [0.4, 0.5) is 13.2 Å². The lowest BCUT2D eigenvalue weighted by atomic mass is 10.1. The highest BCUT2D eigenvalue weighted by molar-refractivity contribution is 9.10. The van der Waals surface area contributed by atoms with Crippen molar-refractivity contribution >= 4 is 15.9 Å². The normalized spacial score (nSPS) is 19.8. The lowest BCUT2D eigenvalue weighted by molar-refractivity contribution is -0.188. The first-order valence-electron chi connectivity index (χ1n) is 5.61. The van der Waals surface area contributed by atoms with Gasteiger partial charge in [-0.05, 0) is 27.6 Å². The van der Waals surface area contributed by atoms with Crippen molar-refractivity contribution in [3.05, 3.63) is 28.5 Å². The van der Waals surface area contributed by atoms with Crippen LogP contribution in [0.1, 0.15) is 11.6 Å². The molecule has 1 N–H and O–H groups in total. The van der Waals surface area contributed by atoms with Crippen molar-refractivity contribution in [3.63, 3.8) is 0 Å². The summed E-state index contributed by atoms with van der Waals surface area (Å²) in [5.74, 6) is 0. The van der Waals surface area contributed by atoms with Gasteiger partial charge in [0.2, 0.25) is 0 Å². The molecule has 0 saturated carbocycles. The Morgan fingerprint density at radius 1 is 1.28 bits per heavy atom. The molecule has 0 amide bonds. The molecule has 18 heavy (non-hydrogen) atoms. The number of hydrogen-bond donors (Lipinski definition) is 1. The average molecular weight is 324 g/mol. The van der Waals surface area contributed by atoms with Gasteiger partial charge in [-0.2, -0.15) is 13.2 Å². The second kappa shape index (κ2) is 5.54. The van der Waals surface area contributed by atoms with E-state index in [1.54, 1.807) is 0 Å². The van der Waals surface area contributed by atoms with Crippen molar-refractivity contribution in [2.45, 2.75) is 12.2 Å². The number of rotatable bonds is 2. The molecule has 0 aromatic carbocycles. The smallest absolute Gasteiger partial charge is 0.314 e. The number of aromatic nitrogens is 1. The second-order valence-corrected chi connectivity index (χ2v) is 4.96. The van der Waals surface area contributed by atoms with Gasteiger partial charge in [0, 0.05) is 32.4 Å². The molecule has 1 fully saturated rings. The van der Waals surface area contributed by atoms with E-state index in [2.05, 4.69) is 26.2 Å². The fraction of sp³-hybridized carbons (Fsp3) is 0.545. The molecule has 0 bridgehead atoms. The van der Waals surface area contributed by atoms with E-state index >= 15 is 0 Å². The van der Waals surface area contributed by atoms with Crippen molar-refractivity contribution < 1.29 is 13.2 Å². The molecule has 0 unspecified atom stereocenters. The maximum Gasteiger partial charge on any atom is 0.408 e. The Bertz CT molecular complexity index is 388. The summed E-state index contributed by atoms with van der Waals surface area (Å²) in [6.45, 7) is 1.94. The van der Waals surface area contributed by atoms with Gasteiger partial charge in [-0.3, -0.25) is 4.90 Å². The van der Waals surface area contributed by atoms with E-state index < -0.39 is 12.2 Å². The Kier molecular flexibility index (Phi) is 4.24. The Hall–Kier alpha value is -0.660. The minimum Gasteiger partial charge on any atom is -0.314 e. The van der Waals surface area contributed by atoms with Crippen LogP contribution in [0.3, 0.4) is 0 Å². The zero-order valence-electron chi connectivity index (χ0n) is 9.54.